The Kier molecular flexibility index (Phi) is 17.4. The summed E-state index contributed by atoms with van der Waals surface area (Å²) in [6, 6.07) is -0.225. The average Bonchev–Trinajstić information content (AvgIpc) is 2.66. The summed E-state index contributed by atoms with van der Waals surface area (Å²) >= 11 is 0. The van der Waals surface area contributed by atoms with E-state index in [2.05, 4.69) is 23.3 Å². The van der Waals surface area contributed by atoms with Gasteiger partial charge in [-0.15, -0.1) is 0 Å². The lowest BCUT2D eigenvalue weighted by Crippen LogP contribution is -2.39. The molecule has 1 atom stereocenters. The molecule has 0 aromatic carbocycles. The molecule has 176 valence electrons. The molecule has 8 heteroatoms. The van der Waals surface area contributed by atoms with Crippen LogP contribution in [-0.2, 0) is 20.0 Å². The third-order valence-corrected chi connectivity index (χ3v) is 8.18. The van der Waals surface area contributed by atoms with Gasteiger partial charge in [0.15, 0.2) is 0 Å². The predicted molar refractivity (Wildman–Crippen MR) is 124 cm³/mol. The van der Waals surface area contributed by atoms with E-state index in [4.69, 9.17) is 0 Å². The first kappa shape index (κ1) is 28.8. The standard InChI is InChI=1S/C21H46N2O4S2/c1-4-7-9-11-13-15-19-28(24,25)22-18-17-21(6-3)23-29(26,27)20-16-14-12-10-8-5-2/h21-23H,4-20H2,1-3H3. The van der Waals surface area contributed by atoms with E-state index in [1.54, 1.807) is 0 Å². The second-order valence-electron chi connectivity index (χ2n) is 8.08. The minimum absolute atomic E-state index is 0.152. The van der Waals surface area contributed by atoms with E-state index < -0.39 is 20.0 Å². The molecule has 0 saturated heterocycles. The lowest BCUT2D eigenvalue weighted by Gasteiger charge is -2.17. The molecule has 0 aromatic heterocycles. The summed E-state index contributed by atoms with van der Waals surface area (Å²) in [7, 11) is -6.58. The maximum Gasteiger partial charge on any atom is 0.211 e. The zero-order chi connectivity index (χ0) is 22.0. The molecule has 0 aliphatic rings. The number of sulfonamides is 2. The van der Waals surface area contributed by atoms with E-state index in [1.165, 1.54) is 38.5 Å². The molecular formula is C21H46N2O4S2. The third-order valence-electron chi connectivity index (χ3n) is 5.19. The Labute approximate surface area is 181 Å². The Morgan fingerprint density at radius 2 is 1.07 bits per heavy atom. The Morgan fingerprint density at radius 3 is 1.55 bits per heavy atom. The van der Waals surface area contributed by atoms with E-state index in [0.29, 0.717) is 25.7 Å². The first-order chi connectivity index (χ1) is 13.8. The van der Waals surface area contributed by atoms with Crippen LogP contribution < -0.4 is 9.44 Å². The van der Waals surface area contributed by atoms with E-state index in [1.807, 2.05) is 6.92 Å². The third kappa shape index (κ3) is 18.3. The first-order valence-corrected chi connectivity index (χ1v) is 15.0. The van der Waals surface area contributed by atoms with Gasteiger partial charge >= 0.3 is 0 Å². The molecule has 0 spiro atoms. The summed E-state index contributed by atoms with van der Waals surface area (Å²) in [6.07, 6.45) is 13.6. The van der Waals surface area contributed by atoms with E-state index in [-0.39, 0.29) is 24.1 Å². The molecule has 0 saturated carbocycles. The van der Waals surface area contributed by atoms with Crippen LogP contribution in [-0.4, -0.2) is 40.9 Å². The van der Waals surface area contributed by atoms with Crippen molar-refractivity contribution in [3.05, 3.63) is 0 Å². The smallest absolute Gasteiger partial charge is 0.211 e. The molecule has 0 radical (unpaired) electrons. The summed E-state index contributed by atoms with van der Waals surface area (Å²) < 4.78 is 54.0. The lowest BCUT2D eigenvalue weighted by molar-refractivity contribution is 0.508. The number of hydrogen-bond donors (Lipinski definition) is 2. The van der Waals surface area contributed by atoms with Crippen molar-refractivity contribution in [3.8, 4) is 0 Å². The van der Waals surface area contributed by atoms with Crippen molar-refractivity contribution in [2.24, 2.45) is 0 Å². The summed E-state index contributed by atoms with van der Waals surface area (Å²) in [5, 5.41) is 0. The summed E-state index contributed by atoms with van der Waals surface area (Å²) in [5.74, 6) is 0.305. The Morgan fingerprint density at radius 1 is 0.621 bits per heavy atom. The molecular weight excluding hydrogens is 408 g/mol. The summed E-state index contributed by atoms with van der Waals surface area (Å²) in [6.45, 7) is 6.51. The van der Waals surface area contributed by atoms with Crippen LogP contribution in [0.4, 0.5) is 0 Å². The van der Waals surface area contributed by atoms with Crippen LogP contribution in [0, 0.1) is 0 Å². The quantitative estimate of drug-likeness (QED) is 0.246. The molecule has 0 aliphatic heterocycles. The predicted octanol–water partition coefficient (Wildman–Crippen LogP) is 4.71. The highest BCUT2D eigenvalue weighted by Crippen LogP contribution is 2.08. The topological polar surface area (TPSA) is 92.3 Å². The molecule has 6 nitrogen and oxygen atoms in total. The van der Waals surface area contributed by atoms with Gasteiger partial charge in [-0.05, 0) is 25.7 Å². The largest absolute Gasteiger partial charge is 0.215 e. The fourth-order valence-corrected chi connectivity index (χ4v) is 5.92. The highest BCUT2D eigenvalue weighted by Gasteiger charge is 2.17. The van der Waals surface area contributed by atoms with Crippen LogP contribution in [0.5, 0.6) is 0 Å². The number of unbranched alkanes of at least 4 members (excludes halogenated alkanes) is 10. The van der Waals surface area contributed by atoms with Gasteiger partial charge in [0, 0.05) is 12.6 Å². The minimum atomic E-state index is -3.30. The van der Waals surface area contributed by atoms with Gasteiger partial charge in [0.05, 0.1) is 11.5 Å². The van der Waals surface area contributed by atoms with Crippen LogP contribution in [0.2, 0.25) is 0 Å². The van der Waals surface area contributed by atoms with E-state index >= 15 is 0 Å². The lowest BCUT2D eigenvalue weighted by atomic mass is 10.1. The molecule has 0 heterocycles. The van der Waals surface area contributed by atoms with Gasteiger partial charge < -0.3 is 0 Å². The first-order valence-electron chi connectivity index (χ1n) is 11.7. The minimum Gasteiger partial charge on any atom is -0.215 e. The highest BCUT2D eigenvalue weighted by atomic mass is 32.2. The molecule has 1 unspecified atom stereocenters. The molecule has 0 fully saturated rings. The van der Waals surface area contributed by atoms with E-state index in [9.17, 15) is 16.8 Å². The molecule has 2 N–H and O–H groups in total. The number of hydrogen-bond acceptors (Lipinski definition) is 4. The maximum atomic E-state index is 12.2. The highest BCUT2D eigenvalue weighted by molar-refractivity contribution is 7.89. The van der Waals surface area contributed by atoms with Gasteiger partial charge in [-0.2, -0.15) is 0 Å². The summed E-state index contributed by atoms with van der Waals surface area (Å²) in [4.78, 5) is 0. The Bertz CT molecular complexity index is 577. The van der Waals surface area contributed by atoms with Crippen LogP contribution in [0.3, 0.4) is 0 Å². The second-order valence-corrected chi connectivity index (χ2v) is 11.9. The van der Waals surface area contributed by atoms with Crippen molar-refractivity contribution in [3.63, 3.8) is 0 Å². The Hall–Kier alpha value is -0.180. The fraction of sp³-hybridized carbons (Fsp3) is 1.00. The van der Waals surface area contributed by atoms with Gasteiger partial charge in [-0.25, -0.2) is 26.3 Å². The van der Waals surface area contributed by atoms with Gasteiger partial charge in [0.1, 0.15) is 0 Å². The zero-order valence-electron chi connectivity index (χ0n) is 19.0. The maximum absolute atomic E-state index is 12.2. The van der Waals surface area contributed by atoms with Gasteiger partial charge in [0.25, 0.3) is 0 Å². The zero-order valence-corrected chi connectivity index (χ0v) is 20.7. The number of nitrogens with one attached hydrogen (secondary N) is 2. The van der Waals surface area contributed by atoms with Gasteiger partial charge in [-0.1, -0.05) is 85.0 Å². The normalized spacial score (nSPS) is 13.6. The Balaban J connectivity index is 4.06. The molecule has 0 bridgehead atoms. The van der Waals surface area contributed by atoms with Crippen molar-refractivity contribution in [1.82, 2.24) is 9.44 Å². The van der Waals surface area contributed by atoms with Crippen molar-refractivity contribution in [2.75, 3.05) is 18.1 Å². The molecule has 0 aliphatic carbocycles. The van der Waals surface area contributed by atoms with Crippen molar-refractivity contribution in [2.45, 2.75) is 117 Å². The van der Waals surface area contributed by atoms with Crippen LogP contribution in [0.25, 0.3) is 0 Å². The van der Waals surface area contributed by atoms with Crippen LogP contribution >= 0.6 is 0 Å². The van der Waals surface area contributed by atoms with Crippen molar-refractivity contribution >= 4 is 20.0 Å². The van der Waals surface area contributed by atoms with Crippen LogP contribution in [0.15, 0.2) is 0 Å². The molecule has 29 heavy (non-hydrogen) atoms. The van der Waals surface area contributed by atoms with Gasteiger partial charge in [-0.3, -0.25) is 0 Å². The molecule has 0 amide bonds. The van der Waals surface area contributed by atoms with Crippen molar-refractivity contribution < 1.29 is 16.8 Å². The monoisotopic (exact) mass is 454 g/mol. The SMILES string of the molecule is CCCCCCCCS(=O)(=O)NCCC(CC)NS(=O)(=O)CCCCCCCC. The van der Waals surface area contributed by atoms with E-state index in [0.717, 1.165) is 25.7 Å². The van der Waals surface area contributed by atoms with Crippen LogP contribution in [0.1, 0.15) is 111 Å². The second kappa shape index (κ2) is 17.5. The molecule has 0 aromatic rings. The fourth-order valence-electron chi connectivity index (χ4n) is 3.26. The average molecular weight is 455 g/mol. The van der Waals surface area contributed by atoms with Gasteiger partial charge in [0.2, 0.25) is 20.0 Å². The molecule has 0 rings (SSSR count). The van der Waals surface area contributed by atoms with Crippen molar-refractivity contribution in [1.29, 1.82) is 0 Å². The summed E-state index contributed by atoms with van der Waals surface area (Å²) in [5.41, 5.74) is 0. The number of rotatable bonds is 21.